The summed E-state index contributed by atoms with van der Waals surface area (Å²) in [6.07, 6.45) is 1.47. The molecule has 1 aromatic heterocycles. The number of aromatic carboxylic acids is 1. The van der Waals surface area contributed by atoms with Gasteiger partial charge in [0.05, 0.1) is 10.5 Å². The molecular formula is C13H12N2O4S. The number of pyridine rings is 1. The van der Waals surface area contributed by atoms with Crippen molar-refractivity contribution in [3.05, 3.63) is 53.7 Å². The van der Waals surface area contributed by atoms with Gasteiger partial charge in [0.2, 0.25) is 0 Å². The standard InChI is InChI=1S/C13H12N2O4S/c1-9-4-3-7-14-12(9)15-20(18,19)11-6-2-5-10(8-11)13(16)17/h2-8H,1H3,(H,14,15)(H,16,17). The van der Waals surface area contributed by atoms with Crippen LogP contribution in [0.4, 0.5) is 5.82 Å². The minimum atomic E-state index is -3.87. The van der Waals surface area contributed by atoms with Crippen LogP contribution >= 0.6 is 0 Å². The summed E-state index contributed by atoms with van der Waals surface area (Å²) in [7, 11) is -3.87. The van der Waals surface area contributed by atoms with E-state index in [1.54, 1.807) is 19.1 Å². The highest BCUT2D eigenvalue weighted by Crippen LogP contribution is 2.18. The van der Waals surface area contributed by atoms with Crippen LogP contribution in [-0.4, -0.2) is 24.5 Å². The van der Waals surface area contributed by atoms with Gasteiger partial charge in [0, 0.05) is 6.20 Å². The lowest BCUT2D eigenvalue weighted by molar-refractivity contribution is 0.0696. The maximum atomic E-state index is 12.2. The van der Waals surface area contributed by atoms with Gasteiger partial charge in [-0.3, -0.25) is 4.72 Å². The Morgan fingerprint density at radius 1 is 1.25 bits per heavy atom. The lowest BCUT2D eigenvalue weighted by atomic mass is 10.2. The second-order valence-corrected chi connectivity index (χ2v) is 5.79. The highest BCUT2D eigenvalue weighted by atomic mass is 32.2. The zero-order valence-corrected chi connectivity index (χ0v) is 11.4. The van der Waals surface area contributed by atoms with Crippen molar-refractivity contribution >= 4 is 21.8 Å². The van der Waals surface area contributed by atoms with Crippen LogP contribution in [0.5, 0.6) is 0 Å². The first kappa shape index (κ1) is 14.0. The third kappa shape index (κ3) is 2.94. The fourth-order valence-corrected chi connectivity index (χ4v) is 2.70. The molecule has 0 bridgehead atoms. The largest absolute Gasteiger partial charge is 0.478 e. The van der Waals surface area contributed by atoms with E-state index in [0.29, 0.717) is 5.56 Å². The van der Waals surface area contributed by atoms with Crippen molar-refractivity contribution in [2.24, 2.45) is 0 Å². The van der Waals surface area contributed by atoms with Crippen LogP contribution in [-0.2, 0) is 10.0 Å². The molecule has 0 saturated heterocycles. The Morgan fingerprint density at radius 3 is 2.65 bits per heavy atom. The molecule has 0 fully saturated rings. The zero-order valence-electron chi connectivity index (χ0n) is 10.6. The van der Waals surface area contributed by atoms with Crippen molar-refractivity contribution in [1.29, 1.82) is 0 Å². The van der Waals surface area contributed by atoms with E-state index in [1.165, 1.54) is 24.4 Å². The van der Waals surface area contributed by atoms with Gasteiger partial charge >= 0.3 is 5.97 Å². The molecule has 1 aromatic carbocycles. The molecule has 20 heavy (non-hydrogen) atoms. The van der Waals surface area contributed by atoms with Gasteiger partial charge in [-0.2, -0.15) is 0 Å². The molecule has 0 radical (unpaired) electrons. The van der Waals surface area contributed by atoms with E-state index in [0.717, 1.165) is 6.07 Å². The summed E-state index contributed by atoms with van der Waals surface area (Å²) >= 11 is 0. The van der Waals surface area contributed by atoms with E-state index in [-0.39, 0.29) is 16.3 Å². The molecule has 6 nitrogen and oxygen atoms in total. The Kier molecular flexibility index (Phi) is 3.71. The number of hydrogen-bond acceptors (Lipinski definition) is 4. The predicted molar refractivity (Wildman–Crippen MR) is 73.2 cm³/mol. The second-order valence-electron chi connectivity index (χ2n) is 4.11. The van der Waals surface area contributed by atoms with Gasteiger partial charge in [0.15, 0.2) is 0 Å². The first-order valence-electron chi connectivity index (χ1n) is 5.68. The first-order chi connectivity index (χ1) is 9.40. The number of aromatic nitrogens is 1. The van der Waals surface area contributed by atoms with Gasteiger partial charge in [0.1, 0.15) is 5.82 Å². The summed E-state index contributed by atoms with van der Waals surface area (Å²) in [5, 5.41) is 8.88. The van der Waals surface area contributed by atoms with Gasteiger partial charge in [-0.1, -0.05) is 12.1 Å². The van der Waals surface area contributed by atoms with Crippen LogP contribution < -0.4 is 4.72 Å². The Hall–Kier alpha value is -2.41. The smallest absolute Gasteiger partial charge is 0.335 e. The molecule has 1 heterocycles. The fourth-order valence-electron chi connectivity index (χ4n) is 1.58. The summed E-state index contributed by atoms with van der Waals surface area (Å²) in [5.41, 5.74) is 0.580. The third-order valence-electron chi connectivity index (χ3n) is 2.63. The Bertz CT molecular complexity index is 756. The summed E-state index contributed by atoms with van der Waals surface area (Å²) in [4.78, 5) is 14.7. The van der Waals surface area contributed by atoms with Crippen molar-refractivity contribution in [2.45, 2.75) is 11.8 Å². The summed E-state index contributed by atoms with van der Waals surface area (Å²) in [6, 6.07) is 8.55. The SMILES string of the molecule is Cc1cccnc1NS(=O)(=O)c1cccc(C(=O)O)c1. The number of hydrogen-bond donors (Lipinski definition) is 2. The quantitative estimate of drug-likeness (QED) is 0.897. The van der Waals surface area contributed by atoms with Crippen LogP contribution in [0.25, 0.3) is 0 Å². The first-order valence-corrected chi connectivity index (χ1v) is 7.16. The molecule has 7 heteroatoms. The van der Waals surface area contributed by atoms with E-state index in [4.69, 9.17) is 5.11 Å². The monoisotopic (exact) mass is 292 g/mol. The van der Waals surface area contributed by atoms with Crippen molar-refractivity contribution in [3.63, 3.8) is 0 Å². The molecule has 2 aromatic rings. The molecule has 0 aliphatic rings. The minimum Gasteiger partial charge on any atom is -0.478 e. The highest BCUT2D eigenvalue weighted by molar-refractivity contribution is 7.92. The van der Waals surface area contributed by atoms with Crippen molar-refractivity contribution in [3.8, 4) is 0 Å². The fraction of sp³-hybridized carbons (Fsp3) is 0.0769. The number of nitrogens with one attached hydrogen (secondary N) is 1. The lowest BCUT2D eigenvalue weighted by Gasteiger charge is -2.09. The van der Waals surface area contributed by atoms with Crippen molar-refractivity contribution < 1.29 is 18.3 Å². The molecule has 104 valence electrons. The van der Waals surface area contributed by atoms with E-state index >= 15 is 0 Å². The summed E-state index contributed by atoms with van der Waals surface area (Å²) < 4.78 is 26.7. The molecule has 0 unspecified atom stereocenters. The second kappa shape index (κ2) is 5.30. The Morgan fingerprint density at radius 2 is 2.00 bits per heavy atom. The van der Waals surface area contributed by atoms with Crippen molar-refractivity contribution in [2.75, 3.05) is 4.72 Å². The van der Waals surface area contributed by atoms with E-state index < -0.39 is 16.0 Å². The number of sulfonamides is 1. The number of nitrogens with zero attached hydrogens (tertiary/aromatic N) is 1. The van der Waals surface area contributed by atoms with E-state index in [9.17, 15) is 13.2 Å². The van der Waals surface area contributed by atoms with Gasteiger partial charge in [-0.05, 0) is 36.8 Å². The van der Waals surface area contributed by atoms with Gasteiger partial charge in [-0.15, -0.1) is 0 Å². The topological polar surface area (TPSA) is 96.4 Å². The zero-order chi connectivity index (χ0) is 14.8. The lowest BCUT2D eigenvalue weighted by Crippen LogP contribution is -2.15. The van der Waals surface area contributed by atoms with Gasteiger partial charge < -0.3 is 5.11 Å². The Balaban J connectivity index is 2.38. The van der Waals surface area contributed by atoms with Gasteiger partial charge in [-0.25, -0.2) is 18.2 Å². The van der Waals surface area contributed by atoms with E-state index in [1.807, 2.05) is 0 Å². The average molecular weight is 292 g/mol. The molecule has 2 rings (SSSR count). The number of anilines is 1. The normalized spacial score (nSPS) is 11.1. The third-order valence-corrected chi connectivity index (χ3v) is 3.97. The van der Waals surface area contributed by atoms with Crippen LogP contribution in [0.2, 0.25) is 0 Å². The van der Waals surface area contributed by atoms with Crippen LogP contribution in [0, 0.1) is 6.92 Å². The summed E-state index contributed by atoms with van der Waals surface area (Å²) in [6.45, 7) is 1.72. The van der Waals surface area contributed by atoms with Crippen LogP contribution in [0.15, 0.2) is 47.5 Å². The molecule has 0 amide bonds. The molecule has 0 saturated carbocycles. The maximum Gasteiger partial charge on any atom is 0.335 e. The molecule has 2 N–H and O–H groups in total. The number of carboxylic acid groups (broad SMARTS) is 1. The van der Waals surface area contributed by atoms with Crippen LogP contribution in [0.3, 0.4) is 0 Å². The average Bonchev–Trinajstić information content (AvgIpc) is 2.41. The predicted octanol–water partition coefficient (Wildman–Crippen LogP) is 1.89. The molecular weight excluding hydrogens is 280 g/mol. The maximum absolute atomic E-state index is 12.2. The van der Waals surface area contributed by atoms with Crippen LogP contribution in [0.1, 0.15) is 15.9 Å². The number of rotatable bonds is 4. The molecule has 0 spiro atoms. The molecule has 0 aliphatic carbocycles. The van der Waals surface area contributed by atoms with E-state index in [2.05, 4.69) is 9.71 Å². The minimum absolute atomic E-state index is 0.0920. The van der Waals surface area contributed by atoms with Crippen molar-refractivity contribution in [1.82, 2.24) is 4.98 Å². The summed E-state index contributed by atoms with van der Waals surface area (Å²) in [5.74, 6) is -0.968. The number of carboxylic acids is 1. The Labute approximate surface area is 116 Å². The molecule has 0 atom stereocenters. The molecule has 0 aliphatic heterocycles. The number of carbonyl (C=O) groups is 1. The number of aryl methyl sites for hydroxylation is 1. The van der Waals surface area contributed by atoms with Gasteiger partial charge in [0.25, 0.3) is 10.0 Å². The number of benzene rings is 1. The highest BCUT2D eigenvalue weighted by Gasteiger charge is 2.17.